The van der Waals surface area contributed by atoms with Gasteiger partial charge < -0.3 is 20.5 Å². The maximum atomic E-state index is 12.1. The first-order chi connectivity index (χ1) is 11.8. The summed E-state index contributed by atoms with van der Waals surface area (Å²) in [5.41, 5.74) is 0.367. The molecule has 1 heterocycles. The van der Waals surface area contributed by atoms with Crippen LogP contribution in [-0.4, -0.2) is 47.8 Å². The van der Waals surface area contributed by atoms with Gasteiger partial charge >= 0.3 is 12.4 Å². The fraction of sp³-hybridized carbons (Fsp3) is 0.562. The van der Waals surface area contributed by atoms with E-state index in [0.29, 0.717) is 25.2 Å². The molecular formula is C16H22F3N3O3. The summed E-state index contributed by atoms with van der Waals surface area (Å²) >= 11 is 0. The number of urea groups is 1. The van der Waals surface area contributed by atoms with Gasteiger partial charge in [0.05, 0.1) is 0 Å². The fourth-order valence-corrected chi connectivity index (χ4v) is 2.69. The van der Waals surface area contributed by atoms with Gasteiger partial charge in [-0.2, -0.15) is 0 Å². The second kappa shape index (κ2) is 8.39. The van der Waals surface area contributed by atoms with E-state index in [4.69, 9.17) is 0 Å². The molecule has 3 N–H and O–H groups in total. The minimum absolute atomic E-state index is 0.00635. The molecule has 1 saturated heterocycles. The molecule has 1 aromatic carbocycles. The van der Waals surface area contributed by atoms with Crippen LogP contribution in [0.1, 0.15) is 26.2 Å². The molecule has 2 rings (SSSR count). The number of rotatable bonds is 5. The summed E-state index contributed by atoms with van der Waals surface area (Å²) < 4.78 is 40.0. The average molecular weight is 361 g/mol. The van der Waals surface area contributed by atoms with Crippen LogP contribution in [0.15, 0.2) is 24.3 Å². The van der Waals surface area contributed by atoms with Crippen molar-refractivity contribution in [3.63, 3.8) is 0 Å². The van der Waals surface area contributed by atoms with Gasteiger partial charge in [-0.1, -0.05) is 6.92 Å². The van der Waals surface area contributed by atoms with E-state index in [9.17, 15) is 23.1 Å². The van der Waals surface area contributed by atoms with Crippen molar-refractivity contribution in [2.24, 2.45) is 0 Å². The van der Waals surface area contributed by atoms with Gasteiger partial charge in [-0.05, 0) is 43.5 Å². The number of anilines is 1. The van der Waals surface area contributed by atoms with Crippen LogP contribution in [0.2, 0.25) is 0 Å². The normalized spacial score (nSPS) is 17.8. The molecule has 0 saturated carbocycles. The van der Waals surface area contributed by atoms with Crippen molar-refractivity contribution >= 4 is 11.7 Å². The number of aliphatic hydroxyl groups excluding tert-OH is 1. The largest absolute Gasteiger partial charge is 0.573 e. The molecule has 1 atom stereocenters. The number of alkyl halides is 3. The number of aliphatic hydroxyl groups is 1. The molecular weight excluding hydrogens is 339 g/mol. The Bertz CT molecular complexity index is 558. The quantitative estimate of drug-likeness (QED) is 0.754. The lowest BCUT2D eigenvalue weighted by molar-refractivity contribution is -0.274. The second-order valence-corrected chi connectivity index (χ2v) is 5.87. The second-order valence-electron chi connectivity index (χ2n) is 5.87. The van der Waals surface area contributed by atoms with Crippen molar-refractivity contribution in [3.05, 3.63) is 24.3 Å². The van der Waals surface area contributed by atoms with Crippen LogP contribution < -0.4 is 15.4 Å². The Hall–Kier alpha value is -2.00. The summed E-state index contributed by atoms with van der Waals surface area (Å²) in [7, 11) is 0. The summed E-state index contributed by atoms with van der Waals surface area (Å²) in [5, 5.41) is 15.2. The van der Waals surface area contributed by atoms with Gasteiger partial charge in [0.25, 0.3) is 0 Å². The molecule has 0 aliphatic carbocycles. The van der Waals surface area contributed by atoms with Crippen LogP contribution in [0.4, 0.5) is 23.7 Å². The highest BCUT2D eigenvalue weighted by atomic mass is 19.4. The van der Waals surface area contributed by atoms with Crippen molar-refractivity contribution in [2.75, 3.05) is 18.4 Å². The maximum absolute atomic E-state index is 12.1. The topological polar surface area (TPSA) is 73.8 Å². The standard InChI is InChI=1S/C16H22F3N3O3/c1-2-14(23)22-9-7-12(8-10-22)21-15(24)20-11-3-5-13(6-4-11)25-16(17,18)19/h3-6,12,14,23H,2,7-10H2,1H3,(H2,20,21,24). The van der Waals surface area contributed by atoms with E-state index in [0.717, 1.165) is 25.0 Å². The first kappa shape index (κ1) is 19.3. The number of hydrogen-bond donors (Lipinski definition) is 3. The number of hydrogen-bond acceptors (Lipinski definition) is 4. The van der Waals surface area contributed by atoms with E-state index in [1.165, 1.54) is 12.1 Å². The number of nitrogens with zero attached hydrogens (tertiary/aromatic N) is 1. The molecule has 2 amide bonds. The molecule has 0 radical (unpaired) electrons. The Labute approximate surface area is 144 Å². The van der Waals surface area contributed by atoms with Crippen LogP contribution in [-0.2, 0) is 0 Å². The number of benzene rings is 1. The van der Waals surface area contributed by atoms with Gasteiger partial charge in [0, 0.05) is 24.8 Å². The van der Waals surface area contributed by atoms with Gasteiger partial charge in [-0.25, -0.2) is 4.79 Å². The smallest absolute Gasteiger partial charge is 0.406 e. The number of piperidine rings is 1. The number of likely N-dealkylation sites (tertiary alicyclic amines) is 1. The Balaban J connectivity index is 1.77. The molecule has 1 fully saturated rings. The number of carbonyl (C=O) groups excluding carboxylic acids is 1. The van der Waals surface area contributed by atoms with E-state index in [1.54, 1.807) is 0 Å². The third-order valence-electron chi connectivity index (χ3n) is 4.00. The van der Waals surface area contributed by atoms with Crippen LogP contribution in [0, 0.1) is 0 Å². The summed E-state index contributed by atoms with van der Waals surface area (Å²) in [6, 6.07) is 4.51. The highest BCUT2D eigenvalue weighted by Gasteiger charge is 2.31. The molecule has 0 bridgehead atoms. The maximum Gasteiger partial charge on any atom is 0.573 e. The molecule has 6 nitrogen and oxygen atoms in total. The third-order valence-corrected chi connectivity index (χ3v) is 4.00. The molecule has 1 aliphatic heterocycles. The highest BCUT2D eigenvalue weighted by Crippen LogP contribution is 2.24. The summed E-state index contributed by atoms with van der Waals surface area (Å²) in [5.74, 6) is -0.347. The van der Waals surface area contributed by atoms with E-state index in [1.807, 2.05) is 11.8 Å². The highest BCUT2D eigenvalue weighted by molar-refractivity contribution is 5.89. The average Bonchev–Trinajstić information content (AvgIpc) is 2.55. The Morgan fingerprint density at radius 3 is 2.44 bits per heavy atom. The van der Waals surface area contributed by atoms with Gasteiger partial charge in [-0.15, -0.1) is 13.2 Å². The summed E-state index contributed by atoms with van der Waals surface area (Å²) in [6.07, 6.45) is -3.09. The Morgan fingerprint density at radius 2 is 1.92 bits per heavy atom. The van der Waals surface area contributed by atoms with E-state index in [-0.39, 0.29) is 11.8 Å². The molecule has 25 heavy (non-hydrogen) atoms. The zero-order valence-corrected chi connectivity index (χ0v) is 13.8. The molecule has 1 aliphatic rings. The molecule has 1 unspecified atom stereocenters. The Morgan fingerprint density at radius 1 is 1.32 bits per heavy atom. The first-order valence-electron chi connectivity index (χ1n) is 8.12. The summed E-state index contributed by atoms with van der Waals surface area (Å²) in [4.78, 5) is 13.9. The minimum Gasteiger partial charge on any atom is -0.406 e. The SMILES string of the molecule is CCC(O)N1CCC(NC(=O)Nc2ccc(OC(F)(F)F)cc2)CC1. The zero-order valence-electron chi connectivity index (χ0n) is 13.8. The van der Waals surface area contributed by atoms with Crippen molar-refractivity contribution in [1.29, 1.82) is 0 Å². The number of carbonyl (C=O) groups is 1. The van der Waals surface area contributed by atoms with Gasteiger partial charge in [0.15, 0.2) is 0 Å². The summed E-state index contributed by atoms with van der Waals surface area (Å²) in [6.45, 7) is 3.31. The molecule has 0 aromatic heterocycles. The number of halogens is 3. The Kier molecular flexibility index (Phi) is 6.49. The molecule has 140 valence electrons. The first-order valence-corrected chi connectivity index (χ1v) is 8.12. The third kappa shape index (κ3) is 6.43. The van der Waals surface area contributed by atoms with Crippen molar-refractivity contribution in [1.82, 2.24) is 10.2 Å². The lowest BCUT2D eigenvalue weighted by Crippen LogP contribution is -2.48. The van der Waals surface area contributed by atoms with E-state index in [2.05, 4.69) is 15.4 Å². The fourth-order valence-electron chi connectivity index (χ4n) is 2.69. The van der Waals surface area contributed by atoms with Crippen LogP contribution >= 0.6 is 0 Å². The van der Waals surface area contributed by atoms with Gasteiger partial charge in [-0.3, -0.25) is 4.90 Å². The molecule has 0 spiro atoms. The predicted molar refractivity (Wildman–Crippen MR) is 86.2 cm³/mol. The van der Waals surface area contributed by atoms with Crippen molar-refractivity contribution in [2.45, 2.75) is 44.8 Å². The monoisotopic (exact) mass is 361 g/mol. The van der Waals surface area contributed by atoms with Crippen molar-refractivity contribution in [3.8, 4) is 5.75 Å². The minimum atomic E-state index is -4.74. The van der Waals surface area contributed by atoms with Gasteiger partial charge in [0.2, 0.25) is 0 Å². The van der Waals surface area contributed by atoms with Crippen LogP contribution in [0.25, 0.3) is 0 Å². The predicted octanol–water partition coefficient (Wildman–Crippen LogP) is 2.90. The van der Waals surface area contributed by atoms with E-state index < -0.39 is 18.6 Å². The zero-order chi connectivity index (χ0) is 18.4. The number of amides is 2. The van der Waals surface area contributed by atoms with Crippen LogP contribution in [0.3, 0.4) is 0 Å². The lowest BCUT2D eigenvalue weighted by Gasteiger charge is -2.34. The van der Waals surface area contributed by atoms with Gasteiger partial charge in [0.1, 0.15) is 12.0 Å². The molecule has 1 aromatic rings. The van der Waals surface area contributed by atoms with Crippen molar-refractivity contribution < 1.29 is 27.8 Å². The molecule has 9 heteroatoms. The van der Waals surface area contributed by atoms with Crippen LogP contribution in [0.5, 0.6) is 5.75 Å². The lowest BCUT2D eigenvalue weighted by atomic mass is 10.0. The van der Waals surface area contributed by atoms with E-state index >= 15 is 0 Å². The number of ether oxygens (including phenoxy) is 1. The number of nitrogens with one attached hydrogen (secondary N) is 2.